The van der Waals surface area contributed by atoms with E-state index in [0.717, 1.165) is 16.7 Å². The lowest BCUT2D eigenvalue weighted by molar-refractivity contribution is -0.139. The lowest BCUT2D eigenvalue weighted by Crippen LogP contribution is -2.07. The smallest absolute Gasteiger partial charge is 0.311 e. The highest BCUT2D eigenvalue weighted by atomic mass is 32.1. The molecule has 0 aromatic carbocycles. The van der Waals surface area contributed by atoms with Gasteiger partial charge in [-0.25, -0.2) is 4.98 Å². The highest BCUT2D eigenvalue weighted by molar-refractivity contribution is 7.13. The number of thiazole rings is 1. The van der Waals surface area contributed by atoms with Crippen LogP contribution < -0.4 is 5.32 Å². The van der Waals surface area contributed by atoms with Crippen molar-refractivity contribution in [1.29, 1.82) is 0 Å². The van der Waals surface area contributed by atoms with Crippen LogP contribution in [0, 0.1) is 6.92 Å². The highest BCUT2D eigenvalue weighted by Crippen LogP contribution is 2.23. The molecule has 6 heteroatoms. The molecule has 5 nitrogen and oxygen atoms in total. The Bertz CT molecular complexity index is 562. The quantitative estimate of drug-likeness (QED) is 0.853. The second-order valence-electron chi connectivity index (χ2n) is 4.21. The first-order chi connectivity index (χ1) is 9.08. The first-order valence-corrected chi connectivity index (χ1v) is 6.80. The maximum Gasteiger partial charge on any atom is 0.311 e. The van der Waals surface area contributed by atoms with E-state index in [4.69, 9.17) is 4.42 Å². The molecule has 2 rings (SSSR count). The summed E-state index contributed by atoms with van der Waals surface area (Å²) >= 11 is 1.46. The molecule has 2 aromatic heterocycles. The van der Waals surface area contributed by atoms with Crippen molar-refractivity contribution < 1.29 is 13.9 Å². The Morgan fingerprint density at radius 1 is 1.58 bits per heavy atom. The number of esters is 1. The number of ether oxygens (including phenoxy) is 1. The standard InChI is InChI=1S/C13H16N2O3S/c1-8-4-5-11(18-8)9(2)14-13-15-10(7-19-13)6-12(16)17-3/h4-5,7,9H,6H2,1-3H3,(H,14,15). The van der Waals surface area contributed by atoms with Crippen LogP contribution in [0.5, 0.6) is 0 Å². The number of nitrogens with one attached hydrogen (secondary N) is 1. The van der Waals surface area contributed by atoms with Crippen molar-refractivity contribution in [2.45, 2.75) is 26.3 Å². The monoisotopic (exact) mass is 280 g/mol. The predicted molar refractivity (Wildman–Crippen MR) is 73.3 cm³/mol. The number of aryl methyl sites for hydroxylation is 1. The second kappa shape index (κ2) is 5.88. The number of anilines is 1. The summed E-state index contributed by atoms with van der Waals surface area (Å²) in [4.78, 5) is 15.5. The number of carbonyl (C=O) groups excluding carboxylic acids is 1. The zero-order chi connectivity index (χ0) is 13.8. The fourth-order valence-electron chi connectivity index (χ4n) is 1.62. The van der Waals surface area contributed by atoms with E-state index in [1.165, 1.54) is 18.4 Å². The number of nitrogens with zero attached hydrogens (tertiary/aromatic N) is 1. The van der Waals surface area contributed by atoms with Crippen molar-refractivity contribution in [2.24, 2.45) is 0 Å². The molecule has 0 fully saturated rings. The summed E-state index contributed by atoms with van der Waals surface area (Å²) in [6.07, 6.45) is 0.197. The molecule has 0 aliphatic carbocycles. The van der Waals surface area contributed by atoms with Crippen LogP contribution in [0.15, 0.2) is 21.9 Å². The molecule has 1 unspecified atom stereocenters. The van der Waals surface area contributed by atoms with Crippen LogP contribution in [0.4, 0.5) is 5.13 Å². The third-order valence-electron chi connectivity index (χ3n) is 2.63. The van der Waals surface area contributed by atoms with Gasteiger partial charge in [0.05, 0.1) is 25.3 Å². The average Bonchev–Trinajstić information content (AvgIpc) is 2.98. The zero-order valence-electron chi connectivity index (χ0n) is 11.1. The first kappa shape index (κ1) is 13.6. The molecular weight excluding hydrogens is 264 g/mol. The molecule has 2 heterocycles. The van der Waals surface area contributed by atoms with E-state index in [0.29, 0.717) is 5.69 Å². The Labute approximate surface area is 115 Å². The Morgan fingerprint density at radius 2 is 2.37 bits per heavy atom. The fourth-order valence-corrected chi connectivity index (χ4v) is 2.42. The van der Waals surface area contributed by atoms with Crippen LogP contribution in [0.1, 0.15) is 30.2 Å². The van der Waals surface area contributed by atoms with E-state index >= 15 is 0 Å². The summed E-state index contributed by atoms with van der Waals surface area (Å²) < 4.78 is 10.2. The van der Waals surface area contributed by atoms with Gasteiger partial charge in [-0.2, -0.15) is 0 Å². The number of rotatable bonds is 5. The molecule has 0 amide bonds. The molecule has 102 valence electrons. The minimum absolute atomic E-state index is 0.0332. The summed E-state index contributed by atoms with van der Waals surface area (Å²) in [6, 6.07) is 3.90. The van der Waals surface area contributed by atoms with Crippen LogP contribution in [0.2, 0.25) is 0 Å². The molecule has 1 atom stereocenters. The summed E-state index contributed by atoms with van der Waals surface area (Å²) in [7, 11) is 1.37. The fraction of sp³-hybridized carbons (Fsp3) is 0.385. The van der Waals surface area contributed by atoms with Gasteiger partial charge < -0.3 is 14.5 Å². The van der Waals surface area contributed by atoms with Gasteiger partial charge in [0, 0.05) is 5.38 Å². The van der Waals surface area contributed by atoms with Gasteiger partial charge in [0.2, 0.25) is 0 Å². The molecule has 1 N–H and O–H groups in total. The van der Waals surface area contributed by atoms with Crippen molar-refractivity contribution in [3.8, 4) is 0 Å². The van der Waals surface area contributed by atoms with Gasteiger partial charge in [0.1, 0.15) is 11.5 Å². The summed E-state index contributed by atoms with van der Waals surface area (Å²) in [5.41, 5.74) is 0.710. The van der Waals surface area contributed by atoms with Gasteiger partial charge in [-0.3, -0.25) is 4.79 Å². The number of furan rings is 1. The molecule has 0 spiro atoms. The Hall–Kier alpha value is -1.82. The summed E-state index contributed by atoms with van der Waals surface area (Å²) in [5, 5.41) is 5.86. The van der Waals surface area contributed by atoms with Gasteiger partial charge in [0.15, 0.2) is 5.13 Å². The van der Waals surface area contributed by atoms with E-state index in [1.54, 1.807) is 0 Å². The minimum atomic E-state index is -0.286. The number of carbonyl (C=O) groups is 1. The predicted octanol–water partition coefficient (Wildman–Crippen LogP) is 2.93. The van der Waals surface area contributed by atoms with Crippen molar-refractivity contribution in [2.75, 3.05) is 12.4 Å². The van der Waals surface area contributed by atoms with Crippen molar-refractivity contribution in [3.05, 3.63) is 34.7 Å². The maximum absolute atomic E-state index is 11.1. The van der Waals surface area contributed by atoms with E-state index in [1.807, 2.05) is 31.4 Å². The normalized spacial score (nSPS) is 12.2. The Balaban J connectivity index is 1.98. The Kier molecular flexibility index (Phi) is 4.21. The van der Waals surface area contributed by atoms with Gasteiger partial charge in [0.25, 0.3) is 0 Å². The topological polar surface area (TPSA) is 64.4 Å². The van der Waals surface area contributed by atoms with E-state index in [9.17, 15) is 4.79 Å². The molecule has 0 saturated heterocycles. The molecule has 0 radical (unpaired) electrons. The average molecular weight is 280 g/mol. The zero-order valence-corrected chi connectivity index (χ0v) is 11.9. The summed E-state index contributed by atoms with van der Waals surface area (Å²) in [6.45, 7) is 3.91. The third-order valence-corrected chi connectivity index (χ3v) is 3.46. The van der Waals surface area contributed by atoms with Crippen molar-refractivity contribution in [1.82, 2.24) is 4.98 Å². The van der Waals surface area contributed by atoms with Crippen LogP contribution >= 0.6 is 11.3 Å². The number of hydrogen-bond acceptors (Lipinski definition) is 6. The minimum Gasteiger partial charge on any atom is -0.469 e. The van der Waals surface area contributed by atoms with Gasteiger partial charge >= 0.3 is 5.97 Å². The van der Waals surface area contributed by atoms with Crippen molar-refractivity contribution in [3.63, 3.8) is 0 Å². The SMILES string of the molecule is COC(=O)Cc1csc(NC(C)c2ccc(C)o2)n1. The largest absolute Gasteiger partial charge is 0.469 e. The Morgan fingerprint density at radius 3 is 3.00 bits per heavy atom. The number of hydrogen-bond donors (Lipinski definition) is 1. The molecule has 0 aliphatic heterocycles. The van der Waals surface area contributed by atoms with Crippen LogP contribution in [0.3, 0.4) is 0 Å². The van der Waals surface area contributed by atoms with Crippen LogP contribution in [-0.4, -0.2) is 18.1 Å². The number of aromatic nitrogens is 1. The number of methoxy groups -OCH3 is 1. The molecule has 2 aromatic rings. The molecule has 19 heavy (non-hydrogen) atoms. The highest BCUT2D eigenvalue weighted by Gasteiger charge is 2.12. The lowest BCUT2D eigenvalue weighted by atomic mass is 10.2. The summed E-state index contributed by atoms with van der Waals surface area (Å²) in [5.74, 6) is 1.46. The van der Waals surface area contributed by atoms with Gasteiger partial charge in [-0.15, -0.1) is 11.3 Å². The first-order valence-electron chi connectivity index (χ1n) is 5.92. The van der Waals surface area contributed by atoms with Crippen LogP contribution in [0.25, 0.3) is 0 Å². The van der Waals surface area contributed by atoms with E-state index in [-0.39, 0.29) is 18.4 Å². The lowest BCUT2D eigenvalue weighted by Gasteiger charge is -2.09. The van der Waals surface area contributed by atoms with Gasteiger partial charge in [-0.1, -0.05) is 0 Å². The van der Waals surface area contributed by atoms with Crippen molar-refractivity contribution >= 4 is 22.4 Å². The third kappa shape index (κ3) is 3.57. The van der Waals surface area contributed by atoms with E-state index < -0.39 is 0 Å². The maximum atomic E-state index is 11.1. The second-order valence-corrected chi connectivity index (χ2v) is 5.07. The van der Waals surface area contributed by atoms with E-state index in [2.05, 4.69) is 15.0 Å². The molecular formula is C13H16N2O3S. The van der Waals surface area contributed by atoms with Crippen LogP contribution in [-0.2, 0) is 16.0 Å². The molecule has 0 saturated carbocycles. The molecule has 0 aliphatic rings. The molecule has 0 bridgehead atoms. The van der Waals surface area contributed by atoms with Gasteiger partial charge in [-0.05, 0) is 26.0 Å².